The lowest BCUT2D eigenvalue weighted by atomic mass is 9.46. The molecule has 0 N–H and O–H groups in total. The van der Waals surface area contributed by atoms with Crippen molar-refractivity contribution < 1.29 is 9.59 Å². The average Bonchev–Trinajstić information content (AvgIpc) is 2.83. The summed E-state index contributed by atoms with van der Waals surface area (Å²) in [4.78, 5) is 28.1. The van der Waals surface area contributed by atoms with Crippen LogP contribution in [0.2, 0.25) is 0 Å². The van der Waals surface area contributed by atoms with Crippen LogP contribution in [-0.2, 0) is 9.59 Å². The van der Waals surface area contributed by atoms with E-state index in [1.54, 1.807) is 0 Å². The van der Waals surface area contributed by atoms with Crippen LogP contribution < -0.4 is 4.90 Å². The van der Waals surface area contributed by atoms with Gasteiger partial charge in [0, 0.05) is 5.41 Å². The van der Waals surface area contributed by atoms with Crippen LogP contribution in [0.4, 0.5) is 5.69 Å². The van der Waals surface area contributed by atoms with Crippen molar-refractivity contribution in [3.05, 3.63) is 42.0 Å². The average molecular weight is 323 g/mol. The molecule has 1 heterocycles. The second kappa shape index (κ2) is 4.81. The predicted molar refractivity (Wildman–Crippen MR) is 94.4 cm³/mol. The lowest BCUT2D eigenvalue weighted by molar-refractivity contribution is -0.135. The lowest BCUT2D eigenvalue weighted by Gasteiger charge is -2.55. The highest BCUT2D eigenvalue weighted by atomic mass is 16.2. The van der Waals surface area contributed by atoms with Gasteiger partial charge in [0.15, 0.2) is 0 Å². The Morgan fingerprint density at radius 1 is 1.00 bits per heavy atom. The molecule has 1 saturated carbocycles. The molecule has 4 unspecified atom stereocenters. The Hall–Kier alpha value is -1.90. The minimum absolute atomic E-state index is 0.00201. The van der Waals surface area contributed by atoms with Gasteiger partial charge in [0.2, 0.25) is 11.8 Å². The van der Waals surface area contributed by atoms with Crippen molar-refractivity contribution in [3.8, 4) is 0 Å². The Kier molecular flexibility index (Phi) is 3.13. The van der Waals surface area contributed by atoms with Gasteiger partial charge < -0.3 is 0 Å². The number of rotatable bonds is 2. The molecule has 1 aromatic rings. The Morgan fingerprint density at radius 2 is 1.62 bits per heavy atom. The van der Waals surface area contributed by atoms with E-state index in [0.29, 0.717) is 11.6 Å². The molecule has 3 aliphatic carbocycles. The van der Waals surface area contributed by atoms with Gasteiger partial charge in [-0.05, 0) is 43.2 Å². The normalized spacial score (nSPS) is 37.5. The van der Waals surface area contributed by atoms with E-state index in [-0.39, 0.29) is 34.5 Å². The van der Waals surface area contributed by atoms with Gasteiger partial charge in [0.05, 0.1) is 17.5 Å². The highest BCUT2D eigenvalue weighted by molar-refractivity contribution is 6.23. The summed E-state index contributed by atoms with van der Waals surface area (Å²) >= 11 is 0. The summed E-state index contributed by atoms with van der Waals surface area (Å²) in [5, 5.41) is 0. The summed E-state index contributed by atoms with van der Waals surface area (Å²) in [6.07, 6.45) is 6.47. The maximum absolute atomic E-state index is 13.3. The van der Waals surface area contributed by atoms with Crippen LogP contribution in [0.15, 0.2) is 36.4 Å². The Labute approximate surface area is 143 Å². The van der Waals surface area contributed by atoms with E-state index in [1.165, 1.54) is 4.90 Å². The molecule has 2 amide bonds. The van der Waals surface area contributed by atoms with E-state index >= 15 is 0 Å². The van der Waals surface area contributed by atoms with Gasteiger partial charge in [0.1, 0.15) is 0 Å². The zero-order valence-corrected chi connectivity index (χ0v) is 14.9. The Balaban J connectivity index is 1.84. The first kappa shape index (κ1) is 15.6. The van der Waals surface area contributed by atoms with Gasteiger partial charge in [-0.1, -0.05) is 50.6 Å². The number of hydrogen-bond acceptors (Lipinski definition) is 2. The van der Waals surface area contributed by atoms with E-state index in [4.69, 9.17) is 0 Å². The number of carbonyl (C=O) groups excluding carboxylic acids is 2. The monoisotopic (exact) mass is 323 g/mol. The number of fused-ring (bicyclic) bond motifs is 1. The van der Waals surface area contributed by atoms with E-state index in [9.17, 15) is 9.59 Å². The molecule has 4 atom stereocenters. The second-order valence-electron chi connectivity index (χ2n) is 8.41. The van der Waals surface area contributed by atoms with Crippen LogP contribution in [0.3, 0.4) is 0 Å². The molecule has 1 aliphatic heterocycles. The maximum Gasteiger partial charge on any atom is 0.238 e. The van der Waals surface area contributed by atoms with Gasteiger partial charge in [0.25, 0.3) is 0 Å². The van der Waals surface area contributed by atoms with Gasteiger partial charge in [-0.2, -0.15) is 0 Å². The fourth-order valence-electron chi connectivity index (χ4n) is 5.18. The van der Waals surface area contributed by atoms with Crippen LogP contribution >= 0.6 is 0 Å². The first-order chi connectivity index (χ1) is 11.3. The summed E-state index contributed by atoms with van der Waals surface area (Å²) in [5.41, 5.74) is 1.48. The summed E-state index contributed by atoms with van der Waals surface area (Å²) < 4.78 is 0. The smallest absolute Gasteiger partial charge is 0.238 e. The molecule has 0 radical (unpaired) electrons. The van der Waals surface area contributed by atoms with Crippen molar-refractivity contribution in [1.29, 1.82) is 0 Å². The minimum Gasteiger partial charge on any atom is -0.274 e. The summed E-state index contributed by atoms with van der Waals surface area (Å²) in [7, 11) is 0. The third kappa shape index (κ3) is 1.78. The van der Waals surface area contributed by atoms with Crippen molar-refractivity contribution in [3.63, 3.8) is 0 Å². The first-order valence-corrected chi connectivity index (χ1v) is 8.95. The standard InChI is InChI=1S/C21H25NO2/c1-13(2)21-11-9-20(4,10-12-21)16-17(21)19(24)22(18(16)23)15-7-5-14(3)6-8-15/h5-9,11,13,16-17H,10,12H2,1-4H3. The molecule has 5 rings (SSSR count). The lowest BCUT2D eigenvalue weighted by Crippen LogP contribution is -2.53. The van der Waals surface area contributed by atoms with E-state index in [0.717, 1.165) is 18.4 Å². The Bertz CT molecular complexity index is 748. The maximum atomic E-state index is 13.3. The van der Waals surface area contributed by atoms with Crippen LogP contribution in [-0.4, -0.2) is 11.8 Å². The zero-order chi connectivity index (χ0) is 17.3. The predicted octanol–water partition coefficient (Wildman–Crippen LogP) is 4.11. The summed E-state index contributed by atoms with van der Waals surface area (Å²) in [6.45, 7) is 8.52. The van der Waals surface area contributed by atoms with Crippen molar-refractivity contribution in [2.75, 3.05) is 4.90 Å². The number of anilines is 1. The number of amides is 2. The quantitative estimate of drug-likeness (QED) is 0.606. The van der Waals surface area contributed by atoms with E-state index in [1.807, 2.05) is 31.2 Å². The van der Waals surface area contributed by atoms with Crippen LogP contribution in [0.1, 0.15) is 39.2 Å². The van der Waals surface area contributed by atoms with Gasteiger partial charge in [-0.3, -0.25) is 9.59 Å². The fourth-order valence-corrected chi connectivity index (χ4v) is 5.18. The topological polar surface area (TPSA) is 37.4 Å². The van der Waals surface area contributed by atoms with Crippen molar-refractivity contribution in [2.45, 2.75) is 40.5 Å². The number of hydrogen-bond donors (Lipinski definition) is 0. The molecule has 2 fully saturated rings. The second-order valence-corrected chi connectivity index (χ2v) is 8.41. The number of nitrogens with zero attached hydrogens (tertiary/aromatic N) is 1. The molecule has 24 heavy (non-hydrogen) atoms. The van der Waals surface area contributed by atoms with Crippen LogP contribution in [0.5, 0.6) is 0 Å². The first-order valence-electron chi connectivity index (χ1n) is 8.95. The fraction of sp³-hybridized carbons (Fsp3) is 0.524. The summed E-state index contributed by atoms with van der Waals surface area (Å²) in [6, 6.07) is 7.71. The number of carbonyl (C=O) groups is 2. The molecule has 0 aromatic heterocycles. The number of allylic oxidation sites excluding steroid dienone is 2. The highest BCUT2D eigenvalue weighted by Gasteiger charge is 2.67. The SMILES string of the molecule is Cc1ccc(N2C(=O)C3C(C2=O)C2(C(C)C)C=CC3(C)CC2)cc1. The van der Waals surface area contributed by atoms with Gasteiger partial charge in [-0.25, -0.2) is 4.90 Å². The number of aryl methyl sites for hydroxylation is 1. The third-order valence-corrected chi connectivity index (χ3v) is 6.83. The molecular weight excluding hydrogens is 298 g/mol. The minimum atomic E-state index is -0.215. The molecule has 3 heteroatoms. The number of benzene rings is 1. The third-order valence-electron chi connectivity index (χ3n) is 6.83. The molecule has 4 aliphatic rings. The van der Waals surface area contributed by atoms with Gasteiger partial charge >= 0.3 is 0 Å². The molecule has 0 spiro atoms. The van der Waals surface area contributed by atoms with E-state index < -0.39 is 0 Å². The number of imide groups is 1. The van der Waals surface area contributed by atoms with Crippen molar-refractivity contribution >= 4 is 17.5 Å². The van der Waals surface area contributed by atoms with Gasteiger partial charge in [-0.15, -0.1) is 0 Å². The van der Waals surface area contributed by atoms with E-state index in [2.05, 4.69) is 32.9 Å². The summed E-state index contributed by atoms with van der Waals surface area (Å²) in [5.74, 6) is -0.0911. The molecule has 1 aromatic carbocycles. The molecular formula is C21H25NO2. The van der Waals surface area contributed by atoms with Crippen LogP contribution in [0, 0.1) is 35.5 Å². The highest BCUT2D eigenvalue weighted by Crippen LogP contribution is 2.64. The van der Waals surface area contributed by atoms with Crippen LogP contribution in [0.25, 0.3) is 0 Å². The Morgan fingerprint density at radius 3 is 2.17 bits per heavy atom. The van der Waals surface area contributed by atoms with Crippen molar-refractivity contribution in [1.82, 2.24) is 0 Å². The zero-order valence-electron chi connectivity index (χ0n) is 14.9. The molecule has 3 nitrogen and oxygen atoms in total. The van der Waals surface area contributed by atoms with Crippen molar-refractivity contribution in [2.24, 2.45) is 28.6 Å². The largest absolute Gasteiger partial charge is 0.274 e. The molecule has 1 saturated heterocycles. The molecule has 2 bridgehead atoms. The molecule has 126 valence electrons.